The summed E-state index contributed by atoms with van der Waals surface area (Å²) in [4.78, 5) is 26.5. The zero-order valence-corrected chi connectivity index (χ0v) is 20.4. The summed E-state index contributed by atoms with van der Waals surface area (Å²) in [6.07, 6.45) is 3.57. The molecule has 2 aromatic carbocycles. The lowest BCUT2D eigenvalue weighted by Gasteiger charge is -2.38. The number of likely N-dealkylation sites (tertiary alicyclic amines) is 1. The van der Waals surface area contributed by atoms with Gasteiger partial charge in [0.15, 0.2) is 0 Å². The van der Waals surface area contributed by atoms with Crippen LogP contribution in [0.4, 0.5) is 5.69 Å². The Balaban J connectivity index is 1.08. The van der Waals surface area contributed by atoms with Gasteiger partial charge in [0.1, 0.15) is 0 Å². The number of anilines is 1. The lowest BCUT2D eigenvalue weighted by atomic mass is 9.91. The Morgan fingerprint density at radius 2 is 1.69 bits per heavy atom. The number of rotatable bonds is 8. The molecule has 1 aliphatic heterocycles. The first-order valence-corrected chi connectivity index (χ1v) is 12.8. The van der Waals surface area contributed by atoms with Crippen molar-refractivity contribution in [3.8, 4) is 0 Å². The number of amides is 2. The van der Waals surface area contributed by atoms with Crippen LogP contribution < -0.4 is 16.0 Å². The molecule has 4 N–H and O–H groups in total. The van der Waals surface area contributed by atoms with Crippen molar-refractivity contribution in [1.29, 1.82) is 0 Å². The molecule has 2 fully saturated rings. The summed E-state index contributed by atoms with van der Waals surface area (Å²) in [6, 6.07) is 16.7. The fourth-order valence-corrected chi connectivity index (χ4v) is 6.05. The van der Waals surface area contributed by atoms with Crippen molar-refractivity contribution >= 4 is 17.5 Å². The van der Waals surface area contributed by atoms with Gasteiger partial charge < -0.3 is 26.0 Å². The van der Waals surface area contributed by atoms with E-state index in [9.17, 15) is 14.7 Å². The Morgan fingerprint density at radius 3 is 2.34 bits per heavy atom. The largest absolute Gasteiger partial charge is 0.390 e. The zero-order valence-electron chi connectivity index (χ0n) is 20.4. The SMILES string of the molecule is CC(=O)N1CC2CCC(C1)C2Nc1cccc(C(=O)NCC(O)CNC2Cc3ccccc3C2)c1. The number of nitrogens with zero attached hydrogens (tertiary/aromatic N) is 1. The van der Waals surface area contributed by atoms with Crippen LogP contribution in [0.3, 0.4) is 0 Å². The van der Waals surface area contributed by atoms with Gasteiger partial charge in [-0.15, -0.1) is 0 Å². The van der Waals surface area contributed by atoms with Gasteiger partial charge in [0.05, 0.1) is 6.10 Å². The number of aliphatic hydroxyl groups excluding tert-OH is 1. The van der Waals surface area contributed by atoms with E-state index in [4.69, 9.17) is 0 Å². The predicted octanol–water partition coefficient (Wildman–Crippen LogP) is 2.20. The number of fused-ring (bicyclic) bond motifs is 3. The van der Waals surface area contributed by atoms with Gasteiger partial charge in [-0.3, -0.25) is 9.59 Å². The lowest BCUT2D eigenvalue weighted by Crippen LogP contribution is -2.49. The van der Waals surface area contributed by atoms with Crippen LogP contribution in [0.15, 0.2) is 48.5 Å². The molecule has 186 valence electrons. The molecule has 0 radical (unpaired) electrons. The van der Waals surface area contributed by atoms with E-state index < -0.39 is 6.10 Å². The average Bonchev–Trinajstić information content (AvgIpc) is 3.36. The third-order valence-corrected chi connectivity index (χ3v) is 7.93. The van der Waals surface area contributed by atoms with Crippen LogP contribution >= 0.6 is 0 Å². The van der Waals surface area contributed by atoms with Crippen LogP contribution in [0, 0.1) is 11.8 Å². The molecule has 2 amide bonds. The first-order chi connectivity index (χ1) is 17.0. The first kappa shape index (κ1) is 23.8. The Bertz CT molecular complexity index is 1030. The van der Waals surface area contributed by atoms with Gasteiger partial charge in [-0.25, -0.2) is 0 Å². The van der Waals surface area contributed by atoms with E-state index in [1.165, 1.54) is 11.1 Å². The van der Waals surface area contributed by atoms with Crippen LogP contribution in [-0.2, 0) is 17.6 Å². The standard InChI is InChI=1S/C28H36N4O3/c1-18(33)32-16-22-9-10-23(17-32)27(22)31-24-8-4-7-21(13-24)28(35)30-15-26(34)14-29-25-11-19-5-2-3-6-20(19)12-25/h2-8,13,22-23,25-27,29,31,34H,9-12,14-17H2,1H3,(H,30,35). The molecule has 3 aliphatic rings. The number of benzene rings is 2. The number of hydrogen-bond acceptors (Lipinski definition) is 5. The third kappa shape index (κ3) is 5.52. The van der Waals surface area contributed by atoms with Crippen molar-refractivity contribution in [2.45, 2.75) is 50.8 Å². The molecule has 0 spiro atoms. The molecule has 5 rings (SSSR count). The zero-order chi connectivity index (χ0) is 24.4. The van der Waals surface area contributed by atoms with Crippen molar-refractivity contribution in [2.75, 3.05) is 31.5 Å². The number of carbonyl (C=O) groups is 2. The van der Waals surface area contributed by atoms with Crippen molar-refractivity contribution in [3.63, 3.8) is 0 Å². The number of nitrogens with one attached hydrogen (secondary N) is 3. The molecule has 3 unspecified atom stereocenters. The van der Waals surface area contributed by atoms with E-state index in [0.717, 1.165) is 44.5 Å². The summed E-state index contributed by atoms with van der Waals surface area (Å²) < 4.78 is 0. The molecule has 3 atom stereocenters. The second kappa shape index (κ2) is 10.4. The molecule has 35 heavy (non-hydrogen) atoms. The first-order valence-electron chi connectivity index (χ1n) is 12.8. The Morgan fingerprint density at radius 1 is 1.00 bits per heavy atom. The fraction of sp³-hybridized carbons (Fsp3) is 0.500. The number of aliphatic hydroxyl groups is 1. The molecule has 2 aromatic rings. The smallest absolute Gasteiger partial charge is 0.251 e. The highest BCUT2D eigenvalue weighted by Crippen LogP contribution is 2.38. The minimum Gasteiger partial charge on any atom is -0.390 e. The van der Waals surface area contributed by atoms with Gasteiger partial charge in [-0.2, -0.15) is 0 Å². The van der Waals surface area contributed by atoms with Gasteiger partial charge in [-0.1, -0.05) is 30.3 Å². The minimum atomic E-state index is -0.647. The molecular formula is C28H36N4O3. The number of piperidine rings is 1. The molecular weight excluding hydrogens is 440 g/mol. The molecule has 0 aromatic heterocycles. The quantitative estimate of drug-likeness (QED) is 0.469. The summed E-state index contributed by atoms with van der Waals surface area (Å²) in [7, 11) is 0. The molecule has 7 heteroatoms. The fourth-order valence-electron chi connectivity index (χ4n) is 6.05. The summed E-state index contributed by atoms with van der Waals surface area (Å²) in [5.41, 5.74) is 4.26. The van der Waals surface area contributed by atoms with E-state index in [2.05, 4.69) is 40.2 Å². The van der Waals surface area contributed by atoms with Crippen molar-refractivity contribution in [1.82, 2.24) is 15.5 Å². The van der Waals surface area contributed by atoms with E-state index >= 15 is 0 Å². The van der Waals surface area contributed by atoms with Crippen LogP contribution in [0.2, 0.25) is 0 Å². The lowest BCUT2D eigenvalue weighted by molar-refractivity contribution is -0.131. The topological polar surface area (TPSA) is 93.7 Å². The summed E-state index contributed by atoms with van der Waals surface area (Å²) in [5, 5.41) is 20.3. The van der Waals surface area contributed by atoms with Crippen LogP contribution in [-0.4, -0.2) is 66.2 Å². The highest BCUT2D eigenvalue weighted by Gasteiger charge is 2.42. The van der Waals surface area contributed by atoms with E-state index in [1.807, 2.05) is 23.1 Å². The van der Waals surface area contributed by atoms with Gasteiger partial charge in [0, 0.05) is 56.4 Å². The second-order valence-electron chi connectivity index (χ2n) is 10.4. The number of carbonyl (C=O) groups excluding carboxylic acids is 2. The minimum absolute atomic E-state index is 0.157. The normalized spacial score (nSPS) is 24.2. The predicted molar refractivity (Wildman–Crippen MR) is 136 cm³/mol. The Kier molecular flexibility index (Phi) is 7.07. The van der Waals surface area contributed by atoms with Crippen molar-refractivity contribution in [3.05, 3.63) is 65.2 Å². The molecule has 7 nitrogen and oxygen atoms in total. The maximum atomic E-state index is 12.7. The molecule has 1 saturated heterocycles. The third-order valence-electron chi connectivity index (χ3n) is 7.93. The van der Waals surface area contributed by atoms with Gasteiger partial charge in [0.25, 0.3) is 5.91 Å². The molecule has 1 saturated carbocycles. The average molecular weight is 477 g/mol. The summed E-state index contributed by atoms with van der Waals surface area (Å²) in [5.74, 6) is 0.871. The van der Waals surface area contributed by atoms with Gasteiger partial charge in [0.2, 0.25) is 5.91 Å². The van der Waals surface area contributed by atoms with Crippen molar-refractivity contribution < 1.29 is 14.7 Å². The maximum Gasteiger partial charge on any atom is 0.251 e. The summed E-state index contributed by atoms with van der Waals surface area (Å²) in [6.45, 7) is 3.92. The number of hydrogen-bond donors (Lipinski definition) is 4. The van der Waals surface area contributed by atoms with Gasteiger partial charge in [-0.05, 0) is 66.8 Å². The molecule has 2 aliphatic carbocycles. The van der Waals surface area contributed by atoms with E-state index in [1.54, 1.807) is 13.0 Å². The van der Waals surface area contributed by atoms with Crippen LogP contribution in [0.25, 0.3) is 0 Å². The molecule has 1 heterocycles. The van der Waals surface area contributed by atoms with Crippen LogP contribution in [0.1, 0.15) is 41.3 Å². The maximum absolute atomic E-state index is 12.7. The highest BCUT2D eigenvalue weighted by molar-refractivity contribution is 5.95. The Hall–Kier alpha value is -2.90. The van der Waals surface area contributed by atoms with Crippen LogP contribution in [0.5, 0.6) is 0 Å². The highest BCUT2D eigenvalue weighted by atomic mass is 16.3. The van der Waals surface area contributed by atoms with Gasteiger partial charge >= 0.3 is 0 Å². The second-order valence-corrected chi connectivity index (χ2v) is 10.4. The van der Waals surface area contributed by atoms with Crippen molar-refractivity contribution in [2.24, 2.45) is 11.8 Å². The summed E-state index contributed by atoms with van der Waals surface area (Å²) >= 11 is 0. The monoisotopic (exact) mass is 476 g/mol. The van der Waals surface area contributed by atoms with E-state index in [0.29, 0.717) is 36.0 Å². The Labute approximate surface area is 207 Å². The van der Waals surface area contributed by atoms with E-state index in [-0.39, 0.29) is 18.4 Å². The molecule has 2 bridgehead atoms.